The summed E-state index contributed by atoms with van der Waals surface area (Å²) < 4.78 is 30.7. The molecule has 2 heterocycles. The second kappa shape index (κ2) is 9.24. The van der Waals surface area contributed by atoms with Crippen molar-refractivity contribution in [2.24, 2.45) is 0 Å². The fraction of sp³-hybridized carbons (Fsp3) is 0. The van der Waals surface area contributed by atoms with Gasteiger partial charge < -0.3 is 0 Å². The van der Waals surface area contributed by atoms with Crippen molar-refractivity contribution in [2.75, 3.05) is 0 Å². The highest BCUT2D eigenvalue weighted by atomic mass is 32.2. The van der Waals surface area contributed by atoms with E-state index in [0.717, 1.165) is 49.6 Å². The highest BCUT2D eigenvalue weighted by Crippen LogP contribution is 2.47. The number of aromatic nitrogens is 2. The predicted molar refractivity (Wildman–Crippen MR) is 178 cm³/mol. The van der Waals surface area contributed by atoms with E-state index in [1.165, 1.54) is 5.56 Å². The zero-order chi connectivity index (χ0) is 29.4. The minimum atomic E-state index is -3.83. The van der Waals surface area contributed by atoms with E-state index in [4.69, 9.17) is 4.98 Å². The standard InChI is InChI=1S/C39H24N2O2S/c42-44(43)34-21-11-20-32-38(34)41(39(40-32)26-14-5-2-6-15-26)33-23-22-27(24-35(33)44)37-30-18-9-7-16-28(30)36(25-12-3-1-4-13-25)29-17-8-10-19-31(29)37/h1-24H. The Morgan fingerprint density at radius 1 is 0.477 bits per heavy atom. The van der Waals surface area contributed by atoms with E-state index in [0.29, 0.717) is 16.7 Å². The van der Waals surface area contributed by atoms with Crippen molar-refractivity contribution < 1.29 is 8.42 Å². The Hall–Kier alpha value is -5.52. The predicted octanol–water partition coefficient (Wildman–Crippen LogP) is 9.48. The monoisotopic (exact) mass is 584 g/mol. The highest BCUT2D eigenvalue weighted by molar-refractivity contribution is 7.92. The highest BCUT2D eigenvalue weighted by Gasteiger charge is 2.34. The maximum absolute atomic E-state index is 14.3. The fourth-order valence-corrected chi connectivity index (χ4v) is 8.53. The number of nitrogens with zero attached hydrogens (tertiary/aromatic N) is 2. The molecule has 44 heavy (non-hydrogen) atoms. The Labute approximate surface area is 254 Å². The maximum Gasteiger partial charge on any atom is 0.210 e. The van der Waals surface area contributed by atoms with E-state index in [1.54, 1.807) is 12.1 Å². The quantitative estimate of drug-likeness (QED) is 0.194. The lowest BCUT2D eigenvalue weighted by molar-refractivity contribution is 0.594. The van der Waals surface area contributed by atoms with Crippen LogP contribution in [0.1, 0.15) is 0 Å². The molecule has 4 nitrogen and oxygen atoms in total. The lowest BCUT2D eigenvalue weighted by atomic mass is 9.86. The molecule has 1 aliphatic heterocycles. The molecule has 7 aromatic carbocycles. The Morgan fingerprint density at radius 2 is 1.02 bits per heavy atom. The van der Waals surface area contributed by atoms with Crippen LogP contribution in [0.2, 0.25) is 0 Å². The van der Waals surface area contributed by atoms with Crippen LogP contribution >= 0.6 is 0 Å². The summed E-state index contributed by atoms with van der Waals surface area (Å²) in [6.45, 7) is 0. The number of fused-ring (bicyclic) bond motifs is 4. The first-order valence-electron chi connectivity index (χ1n) is 14.6. The van der Waals surface area contributed by atoms with Crippen molar-refractivity contribution in [3.8, 4) is 39.3 Å². The molecular weight excluding hydrogens is 561 g/mol. The lowest BCUT2D eigenvalue weighted by Gasteiger charge is -2.23. The average Bonchev–Trinajstić information content (AvgIpc) is 3.47. The number of hydrogen-bond donors (Lipinski definition) is 0. The van der Waals surface area contributed by atoms with Crippen LogP contribution in [-0.4, -0.2) is 18.0 Å². The van der Waals surface area contributed by atoms with Gasteiger partial charge in [0.1, 0.15) is 5.82 Å². The lowest BCUT2D eigenvalue weighted by Crippen LogP contribution is -2.15. The van der Waals surface area contributed by atoms with Crippen molar-refractivity contribution in [1.29, 1.82) is 0 Å². The topological polar surface area (TPSA) is 52.0 Å². The molecule has 0 saturated heterocycles. The van der Waals surface area contributed by atoms with Crippen LogP contribution in [0.4, 0.5) is 0 Å². The summed E-state index contributed by atoms with van der Waals surface area (Å²) in [6, 6.07) is 48.4. The van der Waals surface area contributed by atoms with Crippen LogP contribution in [0.15, 0.2) is 155 Å². The molecule has 0 saturated carbocycles. The van der Waals surface area contributed by atoms with Gasteiger partial charge in [-0.25, -0.2) is 13.4 Å². The summed E-state index contributed by atoms with van der Waals surface area (Å²) in [6.07, 6.45) is 0. The van der Waals surface area contributed by atoms with Gasteiger partial charge >= 0.3 is 0 Å². The van der Waals surface area contributed by atoms with Gasteiger partial charge in [-0.2, -0.15) is 0 Å². The van der Waals surface area contributed by atoms with Gasteiger partial charge in [-0.3, -0.25) is 4.57 Å². The van der Waals surface area contributed by atoms with Crippen LogP contribution in [0.25, 0.3) is 71.9 Å². The normalized spacial score (nSPS) is 13.4. The largest absolute Gasteiger partial charge is 0.290 e. The summed E-state index contributed by atoms with van der Waals surface area (Å²) >= 11 is 0. The average molecular weight is 585 g/mol. The summed E-state index contributed by atoms with van der Waals surface area (Å²) in [5.41, 5.74) is 7.02. The molecular formula is C39H24N2O2S. The Balaban J connectivity index is 1.37. The third-order valence-electron chi connectivity index (χ3n) is 8.73. The number of benzene rings is 7. The first kappa shape index (κ1) is 25.0. The molecule has 1 aliphatic rings. The van der Waals surface area contributed by atoms with E-state index < -0.39 is 9.84 Å². The van der Waals surface area contributed by atoms with Gasteiger partial charge in [0.15, 0.2) is 0 Å². The van der Waals surface area contributed by atoms with Gasteiger partial charge in [0.2, 0.25) is 9.84 Å². The first-order chi connectivity index (χ1) is 21.6. The summed E-state index contributed by atoms with van der Waals surface area (Å²) in [4.78, 5) is 5.48. The second-order valence-electron chi connectivity index (χ2n) is 11.2. The third-order valence-corrected chi connectivity index (χ3v) is 10.5. The van der Waals surface area contributed by atoms with Crippen LogP contribution in [0.5, 0.6) is 0 Å². The molecule has 0 atom stereocenters. The van der Waals surface area contributed by atoms with E-state index in [1.807, 2.05) is 59.2 Å². The number of imidazole rings is 1. The molecule has 1 aromatic heterocycles. The molecule has 0 bridgehead atoms. The van der Waals surface area contributed by atoms with Crippen molar-refractivity contribution in [3.05, 3.63) is 146 Å². The minimum absolute atomic E-state index is 0.281. The van der Waals surface area contributed by atoms with E-state index in [2.05, 4.69) is 78.9 Å². The molecule has 8 aromatic rings. The molecule has 0 radical (unpaired) electrons. The van der Waals surface area contributed by atoms with Crippen molar-refractivity contribution >= 4 is 42.4 Å². The van der Waals surface area contributed by atoms with Crippen LogP contribution in [0.3, 0.4) is 0 Å². The molecule has 0 spiro atoms. The number of rotatable bonds is 3. The smallest absolute Gasteiger partial charge is 0.210 e. The Kier molecular flexibility index (Phi) is 5.25. The van der Waals surface area contributed by atoms with Gasteiger partial charge in [0.05, 0.1) is 26.5 Å². The van der Waals surface area contributed by atoms with Crippen molar-refractivity contribution in [1.82, 2.24) is 9.55 Å². The molecule has 9 rings (SSSR count). The number of sulfone groups is 1. The second-order valence-corrected chi connectivity index (χ2v) is 13.0. The molecule has 208 valence electrons. The van der Waals surface area contributed by atoms with E-state index >= 15 is 0 Å². The third kappa shape index (κ3) is 3.44. The molecule has 0 aliphatic carbocycles. The molecule has 0 N–H and O–H groups in total. The molecule has 0 unspecified atom stereocenters. The zero-order valence-corrected chi connectivity index (χ0v) is 24.3. The Morgan fingerprint density at radius 3 is 1.64 bits per heavy atom. The SMILES string of the molecule is O=S1(=O)c2cc(-c3c4ccccc4c(-c4ccccc4)c4ccccc34)ccc2-n2c(-c3ccccc3)nc3cccc1c32. The van der Waals surface area contributed by atoms with Gasteiger partial charge in [0.25, 0.3) is 0 Å². The summed E-state index contributed by atoms with van der Waals surface area (Å²) in [5.74, 6) is 0.722. The summed E-state index contributed by atoms with van der Waals surface area (Å²) in [7, 11) is -3.83. The Bertz CT molecular complexity index is 2500. The minimum Gasteiger partial charge on any atom is -0.290 e. The van der Waals surface area contributed by atoms with Gasteiger partial charge in [-0.15, -0.1) is 0 Å². The molecule has 0 amide bonds. The van der Waals surface area contributed by atoms with Crippen molar-refractivity contribution in [2.45, 2.75) is 9.79 Å². The van der Waals surface area contributed by atoms with Gasteiger partial charge in [-0.1, -0.05) is 121 Å². The molecule has 0 fully saturated rings. The van der Waals surface area contributed by atoms with Gasteiger partial charge in [-0.05, 0) is 68.1 Å². The van der Waals surface area contributed by atoms with Gasteiger partial charge in [0, 0.05) is 5.56 Å². The van der Waals surface area contributed by atoms with E-state index in [9.17, 15) is 8.42 Å². The molecule has 5 heteroatoms. The van der Waals surface area contributed by atoms with Crippen LogP contribution < -0.4 is 0 Å². The fourth-order valence-electron chi connectivity index (χ4n) is 6.87. The van der Waals surface area contributed by atoms with Crippen LogP contribution in [0, 0.1) is 0 Å². The number of hydrogen-bond acceptors (Lipinski definition) is 3. The maximum atomic E-state index is 14.3. The first-order valence-corrected chi connectivity index (χ1v) is 16.1. The zero-order valence-electron chi connectivity index (χ0n) is 23.5. The number of para-hydroxylation sites is 1. The van der Waals surface area contributed by atoms with Crippen LogP contribution in [-0.2, 0) is 9.84 Å². The van der Waals surface area contributed by atoms with E-state index in [-0.39, 0.29) is 9.79 Å². The van der Waals surface area contributed by atoms with Crippen molar-refractivity contribution in [3.63, 3.8) is 0 Å². The summed E-state index contributed by atoms with van der Waals surface area (Å²) in [5, 5.41) is 4.41.